The third kappa shape index (κ3) is 3.49. The van der Waals surface area contributed by atoms with Crippen LogP contribution in [-0.4, -0.2) is 29.1 Å². The molecule has 1 aromatic heterocycles. The van der Waals surface area contributed by atoms with Gasteiger partial charge in [0, 0.05) is 23.8 Å². The number of rotatable bonds is 6. The number of aliphatic hydroxyl groups excluding tert-OH is 1. The lowest BCUT2D eigenvalue weighted by Gasteiger charge is -2.11. The molecule has 21 heavy (non-hydrogen) atoms. The highest BCUT2D eigenvalue weighted by atomic mass is 32.1. The van der Waals surface area contributed by atoms with Crippen LogP contribution in [0.2, 0.25) is 0 Å². The van der Waals surface area contributed by atoms with E-state index < -0.39 is 0 Å². The molecule has 0 saturated heterocycles. The largest absolute Gasteiger partial charge is 0.396 e. The van der Waals surface area contributed by atoms with Gasteiger partial charge >= 0.3 is 0 Å². The molecule has 3 rings (SSSR count). The number of nitrogens with zero attached hydrogens (tertiary/aromatic N) is 1. The maximum Gasteiger partial charge on any atom is 0.270 e. The van der Waals surface area contributed by atoms with Crippen LogP contribution < -0.4 is 5.32 Å². The van der Waals surface area contributed by atoms with E-state index in [9.17, 15) is 9.90 Å². The second-order valence-corrected chi connectivity index (χ2v) is 6.57. The first-order valence-electron chi connectivity index (χ1n) is 7.08. The molecule has 1 heterocycles. The monoisotopic (exact) mass is 302 g/mol. The number of hydrogen-bond acceptors (Lipinski definition) is 4. The average molecular weight is 302 g/mol. The van der Waals surface area contributed by atoms with Gasteiger partial charge in [-0.3, -0.25) is 4.79 Å². The Morgan fingerprint density at radius 2 is 2.10 bits per heavy atom. The van der Waals surface area contributed by atoms with Gasteiger partial charge in [-0.15, -0.1) is 11.3 Å². The summed E-state index contributed by atoms with van der Waals surface area (Å²) >= 11 is 1.51. The number of hydrogen-bond donors (Lipinski definition) is 2. The first-order chi connectivity index (χ1) is 10.2. The van der Waals surface area contributed by atoms with Gasteiger partial charge in [0.1, 0.15) is 5.69 Å². The fraction of sp³-hybridized carbons (Fsp3) is 0.375. The Morgan fingerprint density at radius 3 is 2.76 bits per heavy atom. The van der Waals surface area contributed by atoms with Crippen molar-refractivity contribution in [3.8, 4) is 0 Å². The van der Waals surface area contributed by atoms with Crippen LogP contribution in [0.1, 0.15) is 33.9 Å². The quantitative estimate of drug-likeness (QED) is 0.860. The number of carbonyl (C=O) groups is 1. The van der Waals surface area contributed by atoms with Gasteiger partial charge < -0.3 is 10.4 Å². The molecular weight excluding hydrogens is 284 g/mol. The number of carbonyl (C=O) groups excluding carboxylic acids is 1. The third-order valence-electron chi connectivity index (χ3n) is 3.90. The molecule has 1 aromatic carbocycles. The summed E-state index contributed by atoms with van der Waals surface area (Å²) < 4.78 is 0. The molecule has 1 aliphatic rings. The van der Waals surface area contributed by atoms with E-state index in [-0.39, 0.29) is 17.9 Å². The highest BCUT2D eigenvalue weighted by molar-refractivity contribution is 7.09. The molecule has 2 N–H and O–H groups in total. The summed E-state index contributed by atoms with van der Waals surface area (Å²) in [6.45, 7) is 0.678. The van der Waals surface area contributed by atoms with Crippen molar-refractivity contribution in [3.05, 3.63) is 52.0 Å². The average Bonchev–Trinajstić information content (AvgIpc) is 3.16. The highest BCUT2D eigenvalue weighted by Crippen LogP contribution is 2.44. The van der Waals surface area contributed by atoms with Gasteiger partial charge in [-0.1, -0.05) is 30.3 Å². The Hall–Kier alpha value is -1.72. The summed E-state index contributed by atoms with van der Waals surface area (Å²) in [5, 5.41) is 14.9. The van der Waals surface area contributed by atoms with Gasteiger partial charge in [-0.2, -0.15) is 0 Å². The van der Waals surface area contributed by atoms with Crippen LogP contribution in [0.15, 0.2) is 35.7 Å². The molecule has 2 aromatic rings. The second-order valence-electron chi connectivity index (χ2n) is 5.63. The molecule has 0 unspecified atom stereocenters. The fourth-order valence-corrected chi connectivity index (χ4v) is 3.00. The van der Waals surface area contributed by atoms with E-state index in [4.69, 9.17) is 0 Å². The van der Waals surface area contributed by atoms with Crippen molar-refractivity contribution in [2.24, 2.45) is 5.41 Å². The van der Waals surface area contributed by atoms with Crippen LogP contribution in [-0.2, 0) is 6.42 Å². The Morgan fingerprint density at radius 1 is 1.33 bits per heavy atom. The smallest absolute Gasteiger partial charge is 0.270 e. The predicted octanol–water partition coefficient (Wildman–Crippen LogP) is 2.24. The standard InChI is InChI=1S/C16H18N2O2S/c19-11-16(6-7-16)10-17-15(20)13-9-21-14(18-13)8-12-4-2-1-3-5-12/h1-5,9,19H,6-8,10-11H2,(H,17,20). The highest BCUT2D eigenvalue weighted by Gasteiger charge is 2.42. The first kappa shape index (κ1) is 14.2. The van der Waals surface area contributed by atoms with E-state index in [2.05, 4.69) is 22.4 Å². The van der Waals surface area contributed by atoms with Crippen LogP contribution in [0.25, 0.3) is 0 Å². The summed E-state index contributed by atoms with van der Waals surface area (Å²) in [5.74, 6) is -0.148. The summed E-state index contributed by atoms with van der Waals surface area (Å²) in [5.41, 5.74) is 1.59. The van der Waals surface area contributed by atoms with E-state index in [1.54, 1.807) is 5.38 Å². The molecule has 1 amide bonds. The van der Waals surface area contributed by atoms with Gasteiger partial charge in [-0.25, -0.2) is 4.98 Å². The minimum Gasteiger partial charge on any atom is -0.396 e. The topological polar surface area (TPSA) is 62.2 Å². The molecule has 1 saturated carbocycles. The minimum atomic E-state index is -0.148. The van der Waals surface area contributed by atoms with E-state index in [0.717, 1.165) is 24.3 Å². The van der Waals surface area contributed by atoms with Crippen molar-refractivity contribution in [3.63, 3.8) is 0 Å². The zero-order chi connectivity index (χ0) is 14.7. The predicted molar refractivity (Wildman–Crippen MR) is 82.4 cm³/mol. The van der Waals surface area contributed by atoms with E-state index in [1.165, 1.54) is 16.9 Å². The SMILES string of the molecule is O=C(NCC1(CO)CC1)c1csc(Cc2ccccc2)n1. The maximum atomic E-state index is 12.1. The zero-order valence-electron chi connectivity index (χ0n) is 11.7. The number of aromatic nitrogens is 1. The summed E-state index contributed by atoms with van der Waals surface area (Å²) in [4.78, 5) is 16.4. The lowest BCUT2D eigenvalue weighted by Crippen LogP contribution is -2.32. The van der Waals surface area contributed by atoms with Gasteiger partial charge in [0.2, 0.25) is 0 Å². The molecular formula is C16H18N2O2S. The van der Waals surface area contributed by atoms with E-state index in [1.807, 2.05) is 18.2 Å². The van der Waals surface area contributed by atoms with Crippen molar-refractivity contribution < 1.29 is 9.90 Å². The Labute approximate surface area is 127 Å². The molecule has 0 aliphatic heterocycles. The molecule has 0 bridgehead atoms. The summed E-state index contributed by atoms with van der Waals surface area (Å²) in [7, 11) is 0. The lowest BCUT2D eigenvalue weighted by atomic mass is 10.1. The molecule has 0 spiro atoms. The number of amides is 1. The fourth-order valence-electron chi connectivity index (χ4n) is 2.19. The number of benzene rings is 1. The number of thiazole rings is 1. The zero-order valence-corrected chi connectivity index (χ0v) is 12.5. The Balaban J connectivity index is 1.58. The number of nitrogens with one attached hydrogen (secondary N) is 1. The van der Waals surface area contributed by atoms with Gasteiger partial charge in [0.15, 0.2) is 0 Å². The van der Waals surface area contributed by atoms with Gasteiger partial charge in [0.05, 0.1) is 11.6 Å². The van der Waals surface area contributed by atoms with E-state index >= 15 is 0 Å². The van der Waals surface area contributed by atoms with Crippen molar-refractivity contribution in [2.45, 2.75) is 19.3 Å². The maximum absolute atomic E-state index is 12.1. The van der Waals surface area contributed by atoms with Crippen molar-refractivity contribution >= 4 is 17.2 Å². The molecule has 4 nitrogen and oxygen atoms in total. The number of aliphatic hydroxyl groups is 1. The molecule has 0 radical (unpaired) electrons. The van der Waals surface area contributed by atoms with Crippen molar-refractivity contribution in [1.29, 1.82) is 0 Å². The summed E-state index contributed by atoms with van der Waals surface area (Å²) in [6, 6.07) is 10.1. The molecule has 1 fully saturated rings. The van der Waals surface area contributed by atoms with E-state index in [0.29, 0.717) is 12.2 Å². The van der Waals surface area contributed by atoms with Crippen molar-refractivity contribution in [1.82, 2.24) is 10.3 Å². The van der Waals surface area contributed by atoms with Crippen LogP contribution in [0.5, 0.6) is 0 Å². The molecule has 1 aliphatic carbocycles. The van der Waals surface area contributed by atoms with Crippen LogP contribution in [0.4, 0.5) is 0 Å². The molecule has 110 valence electrons. The van der Waals surface area contributed by atoms with Gasteiger partial charge in [0.25, 0.3) is 5.91 Å². The third-order valence-corrected chi connectivity index (χ3v) is 4.75. The van der Waals surface area contributed by atoms with Crippen LogP contribution in [0, 0.1) is 5.41 Å². The van der Waals surface area contributed by atoms with Crippen LogP contribution in [0.3, 0.4) is 0 Å². The molecule has 0 atom stereocenters. The lowest BCUT2D eigenvalue weighted by molar-refractivity contribution is 0.0930. The normalized spacial score (nSPS) is 15.7. The Kier molecular flexibility index (Phi) is 4.03. The Bertz CT molecular complexity index is 620. The van der Waals surface area contributed by atoms with Crippen molar-refractivity contribution in [2.75, 3.05) is 13.2 Å². The van der Waals surface area contributed by atoms with Gasteiger partial charge in [-0.05, 0) is 18.4 Å². The first-order valence-corrected chi connectivity index (χ1v) is 7.96. The molecule has 5 heteroatoms. The summed E-state index contributed by atoms with van der Waals surface area (Å²) in [6.07, 6.45) is 2.72. The van der Waals surface area contributed by atoms with Crippen LogP contribution >= 0.6 is 11.3 Å². The second kappa shape index (κ2) is 5.95. The minimum absolute atomic E-state index is 0.0709.